The fourth-order valence-corrected chi connectivity index (χ4v) is 33.5. The Morgan fingerprint density at radius 3 is 1.15 bits per heavy atom. The van der Waals surface area contributed by atoms with Crippen molar-refractivity contribution in [3.63, 3.8) is 0 Å². The summed E-state index contributed by atoms with van der Waals surface area (Å²) in [4.78, 5) is 19.7. The van der Waals surface area contributed by atoms with Crippen LogP contribution in [-0.4, -0.2) is 19.9 Å². The topological polar surface area (TPSA) is 120 Å². The molecule has 0 bridgehead atoms. The number of fused-ring (bicyclic) bond motifs is 9. The summed E-state index contributed by atoms with van der Waals surface area (Å²) in [5, 5.41) is 22.4. The summed E-state index contributed by atoms with van der Waals surface area (Å²) in [7, 11) is -12.5. The molecule has 5 aromatic heterocycles. The number of benzene rings is 17. The van der Waals surface area contributed by atoms with Crippen LogP contribution in [-0.2, 0) is 110 Å². The van der Waals surface area contributed by atoms with Crippen LogP contribution in [0.4, 0.5) is 0 Å². The Hall–Kier alpha value is -11.9. The van der Waals surface area contributed by atoms with Gasteiger partial charge in [-0.1, -0.05) is 394 Å². The second-order valence-corrected chi connectivity index (χ2v) is 46.6. The molecular formula is C120H86Ir4N4O4P4S-4. The fraction of sp³-hybridized carbons (Fsp3) is 0.0500. The number of rotatable bonds is 13. The van der Waals surface area contributed by atoms with Crippen LogP contribution in [0.2, 0.25) is 0 Å². The molecular weight excluding hydrogens is 2490 g/mol. The molecule has 8 nitrogen and oxygen atoms in total. The quantitative estimate of drug-likeness (QED) is 0.0827. The van der Waals surface area contributed by atoms with Crippen LogP contribution in [0.15, 0.2) is 449 Å². The number of pyridine rings is 4. The van der Waals surface area contributed by atoms with Crippen molar-refractivity contribution in [2.75, 3.05) is 0 Å². The van der Waals surface area contributed by atoms with Crippen LogP contribution in [0, 0.1) is 24.3 Å². The Morgan fingerprint density at radius 2 is 0.657 bits per heavy atom. The van der Waals surface area contributed by atoms with E-state index in [1.54, 1.807) is 0 Å². The van der Waals surface area contributed by atoms with Gasteiger partial charge in [-0.05, 0) is 138 Å². The molecule has 137 heavy (non-hydrogen) atoms. The molecule has 0 N–H and O–H groups in total. The van der Waals surface area contributed by atoms with Gasteiger partial charge in [-0.25, -0.2) is 11.3 Å². The van der Waals surface area contributed by atoms with Gasteiger partial charge in [-0.15, -0.1) is 89.0 Å². The van der Waals surface area contributed by atoms with Crippen molar-refractivity contribution >= 4 is 168 Å². The summed E-state index contributed by atoms with van der Waals surface area (Å²) >= 11 is 1.52. The van der Waals surface area contributed by atoms with E-state index in [1.165, 1.54) is 27.7 Å². The molecule has 24 rings (SSSR count). The van der Waals surface area contributed by atoms with Gasteiger partial charge in [0.25, 0.3) is 0 Å². The average molecular weight is 2570 g/mol. The van der Waals surface area contributed by atoms with E-state index < -0.39 is 28.6 Å². The molecule has 4 radical (unpaired) electrons. The van der Waals surface area contributed by atoms with Crippen LogP contribution in [0.5, 0.6) is 0 Å². The molecule has 0 saturated heterocycles. The Balaban J connectivity index is 0.000000126. The van der Waals surface area contributed by atoms with Gasteiger partial charge in [0, 0.05) is 153 Å². The first-order valence-electron chi connectivity index (χ1n) is 44.4. The maximum absolute atomic E-state index is 15.9. The van der Waals surface area contributed by atoms with Gasteiger partial charge in [0.05, 0.1) is 0 Å². The predicted molar refractivity (Wildman–Crippen MR) is 559 cm³/mol. The Morgan fingerprint density at radius 1 is 0.292 bits per heavy atom. The third-order valence-corrected chi connectivity index (χ3v) is 40.1. The van der Waals surface area contributed by atoms with Crippen LogP contribution < -0.4 is 63.0 Å². The van der Waals surface area contributed by atoms with Crippen molar-refractivity contribution in [3.8, 4) is 44.3 Å². The Bertz CT molecular complexity index is 8230. The molecule has 2 aliphatic rings. The number of hydrogen-bond donors (Lipinski definition) is 0. The summed E-state index contributed by atoms with van der Waals surface area (Å²) in [6, 6.07) is 154. The van der Waals surface area contributed by atoms with Gasteiger partial charge in [0.1, 0.15) is 7.14 Å². The molecule has 0 spiro atoms. The molecule has 17 heteroatoms. The molecule has 6 heterocycles. The van der Waals surface area contributed by atoms with Crippen LogP contribution >= 0.6 is 39.9 Å². The maximum atomic E-state index is 15.9. The largest absolute Gasteiger partial charge is 0.321 e. The number of thiophene rings is 1. The third kappa shape index (κ3) is 17.4. The van der Waals surface area contributed by atoms with E-state index >= 15 is 13.7 Å². The second kappa shape index (κ2) is 40.7. The molecule has 0 fully saturated rings. The molecule has 22 aromatic rings. The second-order valence-electron chi connectivity index (χ2n) is 34.4. The van der Waals surface area contributed by atoms with Crippen molar-refractivity contribution in [2.45, 2.75) is 38.5 Å². The van der Waals surface area contributed by atoms with Gasteiger partial charge >= 0.3 is 0 Å². The van der Waals surface area contributed by atoms with E-state index in [9.17, 15) is 4.57 Å². The van der Waals surface area contributed by atoms with Crippen molar-refractivity contribution in [1.29, 1.82) is 0 Å². The summed E-state index contributed by atoms with van der Waals surface area (Å²) in [6.45, 7) is 8.90. The average Bonchev–Trinajstić information content (AvgIpc) is 1.25. The normalized spacial score (nSPS) is 12.9. The standard InChI is InChI=1S/C35H23NOP.2C30H23NOP.C25H17NOPS.4Ir/c37-38(33-20-8-13-25-10-1-4-17-30(25)33,34-21-9-14-26-11-2-5-18-31(26)34)29-16-7-15-28(24-29)35-32-19-6-3-12-27(32)22-23-36-35;1-30(2)25-17-9-11-21-19-20-31-29(27(21)25)24-16-10-18-26(28(24)30)33(32,22-12-5-3-6-13-22)23-14-7-4-8-15-23;1-30(2)25-14-5-7-16-27(25)33(32,28-17-8-6-15-26(28)30)23-12-9-11-22(20-23)29-24-13-4-3-10-21(24)18-19-31-29;27-28(20-10-3-1-4-11-20,21-12-5-2-6-13-21)24-16-15-23(29-24)25-22-14-8-7-9-19(22)17-18-26-25;;;;/h1-14,16-24H;3-15,17-20H,1-2H3;3-10,12-20H,1-2H3;1-14,16-18H;;;;/q4*-1;;;;. The van der Waals surface area contributed by atoms with Gasteiger partial charge in [-0.2, -0.15) is 12.1 Å². The molecule has 17 aromatic carbocycles. The summed E-state index contributed by atoms with van der Waals surface area (Å²) in [6.07, 6.45) is 7.33. The van der Waals surface area contributed by atoms with E-state index in [1.807, 2.05) is 340 Å². The van der Waals surface area contributed by atoms with E-state index in [0.717, 1.165) is 178 Å². The first kappa shape index (κ1) is 96.8. The smallest absolute Gasteiger partial charge is 0.154 e. The van der Waals surface area contributed by atoms with Gasteiger partial charge in [-0.3, -0.25) is 0 Å². The van der Waals surface area contributed by atoms with Crippen molar-refractivity contribution in [3.05, 3.63) is 496 Å². The fourth-order valence-electron chi connectivity index (χ4n) is 19.6. The third-order valence-electron chi connectivity index (χ3n) is 26.1. The molecule has 0 amide bonds. The predicted octanol–water partition coefficient (Wildman–Crippen LogP) is 25.0. The molecule has 0 saturated carbocycles. The van der Waals surface area contributed by atoms with Gasteiger partial charge in [0.2, 0.25) is 0 Å². The van der Waals surface area contributed by atoms with Gasteiger partial charge < -0.3 is 38.2 Å². The molecule has 0 atom stereocenters. The van der Waals surface area contributed by atoms with E-state index in [2.05, 4.69) is 171 Å². The first-order chi connectivity index (χ1) is 65.0. The summed E-state index contributed by atoms with van der Waals surface area (Å²) < 4.78 is 61.7. The van der Waals surface area contributed by atoms with E-state index in [-0.39, 0.29) is 91.3 Å². The molecule has 1 aliphatic carbocycles. The first-order valence-corrected chi connectivity index (χ1v) is 52.0. The van der Waals surface area contributed by atoms with E-state index in [0.29, 0.717) is 0 Å². The van der Waals surface area contributed by atoms with E-state index in [4.69, 9.17) is 9.97 Å². The molecule has 0 unspecified atom stereocenters. The van der Waals surface area contributed by atoms with Crippen LogP contribution in [0.1, 0.15) is 49.9 Å². The zero-order valence-corrected chi connectivity index (χ0v) is 88.7. The Kier molecular flexibility index (Phi) is 28.7. The van der Waals surface area contributed by atoms with Crippen molar-refractivity contribution < 1.29 is 98.7 Å². The monoisotopic (exact) mass is 2570 g/mol. The minimum atomic E-state index is -3.32. The maximum Gasteiger partial charge on any atom is 0.154 e. The van der Waals surface area contributed by atoms with Gasteiger partial charge in [0.15, 0.2) is 21.4 Å². The summed E-state index contributed by atoms with van der Waals surface area (Å²) in [5.41, 5.74) is 10.1. The number of nitrogens with zero attached hydrogens (tertiary/aromatic N) is 4. The molecule has 1 aliphatic heterocycles. The van der Waals surface area contributed by atoms with Crippen LogP contribution in [0.3, 0.4) is 0 Å². The zero-order chi connectivity index (χ0) is 90.5. The minimum absolute atomic E-state index is 0. The minimum Gasteiger partial charge on any atom is -0.321 e. The SMILES string of the molecule is CC1(C)c2c([c-]ccc2P(=O)(c2ccccc2)c2ccccc2)-c2nccc3cccc1c23.CC1(C)c2ccccc2P(=O)(c2cc[c-]c(-c3nccc4ccccc34)c2)c2ccccc21.O=P(c1cc[c-]c(-c2nccc3ccccc23)c1)(c1cccc2ccccc12)c1cccc2ccccc12.O=P(c1ccccc1)(c1ccccc1)c1c[c-]c(-c2nccc3ccccc23)s1.[Ir].[Ir].[Ir].[Ir]. The van der Waals surface area contributed by atoms with Crippen molar-refractivity contribution in [2.24, 2.45) is 0 Å². The Labute approximate surface area is 856 Å². The number of aromatic nitrogens is 4. The van der Waals surface area contributed by atoms with Crippen LogP contribution in [0.25, 0.3) is 109 Å². The zero-order valence-electron chi connectivity index (χ0n) is 74.7. The summed E-state index contributed by atoms with van der Waals surface area (Å²) in [5.74, 6) is 0. The molecule has 676 valence electrons. The number of hydrogen-bond acceptors (Lipinski definition) is 9. The van der Waals surface area contributed by atoms with Crippen molar-refractivity contribution in [1.82, 2.24) is 19.9 Å².